The van der Waals surface area contributed by atoms with Gasteiger partial charge in [-0.1, -0.05) is 0 Å². The Morgan fingerprint density at radius 3 is 2.81 bits per heavy atom. The van der Waals surface area contributed by atoms with Crippen LogP contribution in [0.2, 0.25) is 0 Å². The summed E-state index contributed by atoms with van der Waals surface area (Å²) in [5.74, 6) is 0. The van der Waals surface area contributed by atoms with Crippen LogP contribution in [0.25, 0.3) is 11.3 Å². The van der Waals surface area contributed by atoms with Crippen molar-refractivity contribution < 1.29 is 8.78 Å². The predicted octanol–water partition coefficient (Wildman–Crippen LogP) is 1.91. The average Bonchev–Trinajstić information content (AvgIpc) is 2.65. The summed E-state index contributed by atoms with van der Waals surface area (Å²) in [5, 5.41) is 3.83. The highest BCUT2D eigenvalue weighted by atomic mass is 19.3. The quantitative estimate of drug-likeness (QED) is 0.799. The minimum Gasteiger partial charge on any atom is -0.266 e. The molecule has 0 fully saturated rings. The Balaban J connectivity index is 2.24. The number of aromatic nitrogens is 4. The number of alkyl halides is 2. The molecule has 16 heavy (non-hydrogen) atoms. The van der Waals surface area contributed by atoms with Gasteiger partial charge in [-0.05, 0) is 6.92 Å². The Morgan fingerprint density at radius 1 is 1.31 bits per heavy atom. The van der Waals surface area contributed by atoms with Crippen molar-refractivity contribution in [3.63, 3.8) is 0 Å². The van der Waals surface area contributed by atoms with Crippen LogP contribution in [0.4, 0.5) is 8.78 Å². The predicted molar refractivity (Wildman–Crippen MR) is 54.0 cm³/mol. The molecule has 0 saturated heterocycles. The zero-order valence-electron chi connectivity index (χ0n) is 8.64. The molecule has 0 saturated carbocycles. The van der Waals surface area contributed by atoms with Crippen molar-refractivity contribution in [2.75, 3.05) is 0 Å². The van der Waals surface area contributed by atoms with Gasteiger partial charge in [0.15, 0.2) is 0 Å². The van der Waals surface area contributed by atoms with Crippen LogP contribution in [0.5, 0.6) is 0 Å². The lowest BCUT2D eigenvalue weighted by molar-refractivity contribution is 0.122. The maximum absolute atomic E-state index is 12.1. The molecule has 2 heterocycles. The van der Waals surface area contributed by atoms with Gasteiger partial charge in [-0.2, -0.15) is 5.10 Å². The molecular weight excluding hydrogens is 214 g/mol. The van der Waals surface area contributed by atoms with Crippen LogP contribution >= 0.6 is 0 Å². The number of nitrogens with zero attached hydrogens (tertiary/aromatic N) is 4. The van der Waals surface area contributed by atoms with E-state index in [1.54, 1.807) is 12.4 Å². The molecule has 0 aromatic carbocycles. The summed E-state index contributed by atoms with van der Waals surface area (Å²) in [6.07, 6.45) is 3.85. The Bertz CT molecular complexity index is 481. The molecule has 0 amide bonds. The zero-order chi connectivity index (χ0) is 11.5. The van der Waals surface area contributed by atoms with E-state index in [1.807, 2.05) is 6.92 Å². The maximum Gasteiger partial charge on any atom is 0.257 e. The Labute approximate surface area is 91.0 Å². The molecule has 0 N–H and O–H groups in total. The molecule has 0 bridgehead atoms. The van der Waals surface area contributed by atoms with Gasteiger partial charge in [-0.25, -0.2) is 13.8 Å². The molecule has 2 rings (SSSR count). The smallest absolute Gasteiger partial charge is 0.257 e. The molecule has 0 aliphatic heterocycles. The van der Waals surface area contributed by atoms with Gasteiger partial charge in [-0.3, -0.25) is 9.67 Å². The summed E-state index contributed by atoms with van der Waals surface area (Å²) in [5.41, 5.74) is 2.11. The van der Waals surface area contributed by atoms with Gasteiger partial charge in [0.25, 0.3) is 6.43 Å². The largest absolute Gasteiger partial charge is 0.266 e. The first kappa shape index (κ1) is 10.7. The van der Waals surface area contributed by atoms with E-state index in [-0.39, 0.29) is 0 Å². The van der Waals surface area contributed by atoms with Gasteiger partial charge in [0, 0.05) is 18.0 Å². The second kappa shape index (κ2) is 4.34. The van der Waals surface area contributed by atoms with Gasteiger partial charge in [-0.15, -0.1) is 0 Å². The summed E-state index contributed by atoms with van der Waals surface area (Å²) in [6, 6.07) is 0. The molecule has 0 unspecified atom stereocenters. The van der Waals surface area contributed by atoms with Gasteiger partial charge in [0.05, 0.1) is 23.8 Å². The average molecular weight is 224 g/mol. The summed E-state index contributed by atoms with van der Waals surface area (Å²) in [7, 11) is 0. The molecule has 0 spiro atoms. The fraction of sp³-hybridized carbons (Fsp3) is 0.300. The third kappa shape index (κ3) is 2.39. The van der Waals surface area contributed by atoms with E-state index in [1.165, 1.54) is 17.1 Å². The SMILES string of the molecule is Cc1cncc(-c2cnn(CC(F)F)c2)n1. The fourth-order valence-electron chi connectivity index (χ4n) is 1.34. The van der Waals surface area contributed by atoms with Crippen LogP contribution in [0, 0.1) is 6.92 Å². The van der Waals surface area contributed by atoms with Crippen LogP contribution in [-0.4, -0.2) is 26.2 Å². The topological polar surface area (TPSA) is 43.6 Å². The van der Waals surface area contributed by atoms with Crippen molar-refractivity contribution in [2.24, 2.45) is 0 Å². The van der Waals surface area contributed by atoms with Gasteiger partial charge in [0.2, 0.25) is 0 Å². The van der Waals surface area contributed by atoms with E-state index >= 15 is 0 Å². The van der Waals surface area contributed by atoms with Crippen molar-refractivity contribution in [1.82, 2.24) is 19.7 Å². The molecule has 2 aromatic rings. The molecule has 6 heteroatoms. The van der Waals surface area contributed by atoms with E-state index in [0.717, 1.165) is 5.69 Å². The number of halogens is 2. The van der Waals surface area contributed by atoms with Gasteiger partial charge in [0.1, 0.15) is 6.54 Å². The van der Waals surface area contributed by atoms with Crippen LogP contribution < -0.4 is 0 Å². The van der Waals surface area contributed by atoms with Gasteiger partial charge >= 0.3 is 0 Å². The lowest BCUT2D eigenvalue weighted by atomic mass is 10.2. The summed E-state index contributed by atoms with van der Waals surface area (Å²) in [4.78, 5) is 8.22. The van der Waals surface area contributed by atoms with Crippen molar-refractivity contribution >= 4 is 0 Å². The number of aryl methyl sites for hydroxylation is 1. The van der Waals surface area contributed by atoms with Crippen LogP contribution in [-0.2, 0) is 6.54 Å². The highest BCUT2D eigenvalue weighted by molar-refractivity contribution is 5.55. The van der Waals surface area contributed by atoms with Crippen molar-refractivity contribution in [3.8, 4) is 11.3 Å². The molecule has 2 aromatic heterocycles. The second-order valence-corrected chi connectivity index (χ2v) is 3.39. The maximum atomic E-state index is 12.1. The number of hydrogen-bond donors (Lipinski definition) is 0. The standard InChI is InChI=1S/C10H10F2N4/c1-7-2-13-4-9(15-7)8-3-14-16(5-8)6-10(11)12/h2-5,10H,6H2,1H3. The first-order valence-electron chi connectivity index (χ1n) is 4.75. The minimum absolute atomic E-state index is 0.404. The normalized spacial score (nSPS) is 11.0. The summed E-state index contributed by atoms with van der Waals surface area (Å²) in [6.45, 7) is 1.42. The van der Waals surface area contributed by atoms with Crippen molar-refractivity contribution in [1.29, 1.82) is 0 Å². The molecule has 0 aliphatic carbocycles. The highest BCUT2D eigenvalue weighted by Gasteiger charge is 2.07. The third-order valence-corrected chi connectivity index (χ3v) is 2.01. The molecule has 0 atom stereocenters. The molecule has 84 valence electrons. The van der Waals surface area contributed by atoms with Gasteiger partial charge < -0.3 is 0 Å². The lowest BCUT2D eigenvalue weighted by Crippen LogP contribution is -2.06. The Morgan fingerprint density at radius 2 is 2.12 bits per heavy atom. The minimum atomic E-state index is -2.41. The molecule has 0 radical (unpaired) electrons. The third-order valence-electron chi connectivity index (χ3n) is 2.01. The van der Waals surface area contributed by atoms with Crippen LogP contribution in [0.3, 0.4) is 0 Å². The summed E-state index contributed by atoms with van der Waals surface area (Å²) >= 11 is 0. The first-order valence-corrected chi connectivity index (χ1v) is 4.75. The second-order valence-electron chi connectivity index (χ2n) is 3.39. The van der Waals surface area contributed by atoms with E-state index in [0.29, 0.717) is 11.3 Å². The first-order chi connectivity index (χ1) is 7.65. The highest BCUT2D eigenvalue weighted by Crippen LogP contribution is 2.15. The Kier molecular flexibility index (Phi) is 2.89. The summed E-state index contributed by atoms with van der Waals surface area (Å²) < 4.78 is 25.4. The van der Waals surface area contributed by atoms with E-state index in [4.69, 9.17) is 0 Å². The zero-order valence-corrected chi connectivity index (χ0v) is 8.64. The fourth-order valence-corrected chi connectivity index (χ4v) is 1.34. The molecule has 4 nitrogen and oxygen atoms in total. The van der Waals surface area contributed by atoms with E-state index in [9.17, 15) is 8.78 Å². The monoisotopic (exact) mass is 224 g/mol. The number of rotatable bonds is 3. The van der Waals surface area contributed by atoms with E-state index < -0.39 is 13.0 Å². The lowest BCUT2D eigenvalue weighted by Gasteiger charge is -1.98. The van der Waals surface area contributed by atoms with Crippen molar-refractivity contribution in [3.05, 3.63) is 30.5 Å². The van der Waals surface area contributed by atoms with Crippen molar-refractivity contribution in [2.45, 2.75) is 19.9 Å². The number of hydrogen-bond acceptors (Lipinski definition) is 3. The molecule has 0 aliphatic rings. The molecular formula is C10H10F2N4. The van der Waals surface area contributed by atoms with Crippen LogP contribution in [0.15, 0.2) is 24.8 Å². The van der Waals surface area contributed by atoms with E-state index in [2.05, 4.69) is 15.1 Å². The van der Waals surface area contributed by atoms with Crippen LogP contribution in [0.1, 0.15) is 5.69 Å². The Hall–Kier alpha value is -1.85.